The number of benzene rings is 2. The number of hydrogen-bond acceptors (Lipinski definition) is 3. The van der Waals surface area contributed by atoms with Gasteiger partial charge in [0.25, 0.3) is 0 Å². The van der Waals surface area contributed by atoms with Gasteiger partial charge in [-0.1, -0.05) is 0 Å². The van der Waals surface area contributed by atoms with E-state index in [9.17, 15) is 13.6 Å². The molecule has 0 N–H and O–H groups in total. The second kappa shape index (κ2) is 6.34. The lowest BCUT2D eigenvalue weighted by molar-refractivity contribution is 0.112. The minimum Gasteiger partial charge on any atom is -0.464 e. The lowest BCUT2D eigenvalue weighted by Gasteiger charge is -1.92. The SMILES string of the molecule is Fc1cc(Br)c2occc2c1.O=Cc1cc(F)cc2ccoc12. The Labute approximate surface area is 137 Å². The van der Waals surface area contributed by atoms with E-state index in [2.05, 4.69) is 15.9 Å². The topological polar surface area (TPSA) is 43.4 Å². The van der Waals surface area contributed by atoms with Gasteiger partial charge in [0.05, 0.1) is 22.6 Å². The number of hydrogen-bond donors (Lipinski definition) is 0. The Hall–Kier alpha value is -2.47. The van der Waals surface area contributed by atoms with Crippen molar-refractivity contribution in [1.82, 2.24) is 0 Å². The van der Waals surface area contributed by atoms with Gasteiger partial charge in [0.15, 0.2) is 6.29 Å². The number of carbonyl (C=O) groups excluding carboxylic acids is 1. The summed E-state index contributed by atoms with van der Waals surface area (Å²) in [5.41, 5.74) is 1.37. The Balaban J connectivity index is 0.000000136. The molecule has 2 aromatic heterocycles. The minimum absolute atomic E-state index is 0.245. The third-order valence-corrected chi connectivity index (χ3v) is 3.73. The fraction of sp³-hybridized carbons (Fsp3) is 0. The average molecular weight is 379 g/mol. The van der Waals surface area contributed by atoms with Gasteiger partial charge in [0.1, 0.15) is 22.8 Å². The van der Waals surface area contributed by atoms with Crippen LogP contribution < -0.4 is 0 Å². The molecule has 23 heavy (non-hydrogen) atoms. The fourth-order valence-corrected chi connectivity index (χ4v) is 2.70. The van der Waals surface area contributed by atoms with Crippen LogP contribution in [0.1, 0.15) is 10.4 Å². The number of carbonyl (C=O) groups is 1. The molecule has 0 aliphatic carbocycles. The van der Waals surface area contributed by atoms with Crippen LogP contribution in [0.2, 0.25) is 0 Å². The van der Waals surface area contributed by atoms with Crippen molar-refractivity contribution in [2.45, 2.75) is 0 Å². The van der Waals surface area contributed by atoms with Gasteiger partial charge in [-0.05, 0) is 52.3 Å². The van der Waals surface area contributed by atoms with E-state index in [1.54, 1.807) is 12.1 Å². The molecule has 4 rings (SSSR count). The number of aldehydes is 1. The summed E-state index contributed by atoms with van der Waals surface area (Å²) in [6.45, 7) is 0. The van der Waals surface area contributed by atoms with Gasteiger partial charge >= 0.3 is 0 Å². The maximum atomic E-state index is 12.8. The summed E-state index contributed by atoms with van der Waals surface area (Å²) >= 11 is 3.19. The predicted octanol–water partition coefficient (Wildman–Crippen LogP) is 5.72. The molecule has 0 radical (unpaired) electrons. The third kappa shape index (κ3) is 3.17. The van der Waals surface area contributed by atoms with Crippen molar-refractivity contribution in [3.05, 3.63) is 70.6 Å². The van der Waals surface area contributed by atoms with Gasteiger partial charge < -0.3 is 8.83 Å². The molecular weight excluding hydrogens is 370 g/mol. The monoisotopic (exact) mass is 378 g/mol. The smallest absolute Gasteiger partial charge is 0.153 e. The average Bonchev–Trinajstić information content (AvgIpc) is 3.15. The Kier molecular flexibility index (Phi) is 4.25. The van der Waals surface area contributed by atoms with Gasteiger partial charge in [0.2, 0.25) is 0 Å². The maximum Gasteiger partial charge on any atom is 0.153 e. The van der Waals surface area contributed by atoms with Crippen LogP contribution in [-0.4, -0.2) is 6.29 Å². The highest BCUT2D eigenvalue weighted by Gasteiger charge is 2.05. The van der Waals surface area contributed by atoms with Gasteiger partial charge in [-0.3, -0.25) is 4.79 Å². The molecule has 0 fully saturated rings. The van der Waals surface area contributed by atoms with E-state index in [1.165, 1.54) is 30.7 Å². The lowest BCUT2D eigenvalue weighted by Crippen LogP contribution is -1.82. The van der Waals surface area contributed by atoms with E-state index in [-0.39, 0.29) is 11.4 Å². The summed E-state index contributed by atoms with van der Waals surface area (Å²) in [5.74, 6) is -0.684. The zero-order valence-corrected chi connectivity index (χ0v) is 13.1. The molecule has 116 valence electrons. The summed E-state index contributed by atoms with van der Waals surface area (Å²) in [6.07, 6.45) is 3.54. The fourth-order valence-electron chi connectivity index (χ4n) is 2.16. The van der Waals surface area contributed by atoms with Crippen LogP contribution in [0.5, 0.6) is 0 Å². The number of halogens is 3. The molecule has 0 atom stereocenters. The summed E-state index contributed by atoms with van der Waals surface area (Å²) < 4.78 is 36.2. The van der Waals surface area contributed by atoms with Crippen molar-refractivity contribution in [2.75, 3.05) is 0 Å². The Bertz CT molecular complexity index is 988. The van der Waals surface area contributed by atoms with Crippen LogP contribution in [0, 0.1) is 11.6 Å². The van der Waals surface area contributed by atoms with Crippen LogP contribution >= 0.6 is 15.9 Å². The Morgan fingerprint density at radius 2 is 1.43 bits per heavy atom. The highest BCUT2D eigenvalue weighted by Crippen LogP contribution is 2.25. The van der Waals surface area contributed by atoms with Crippen LogP contribution in [0.3, 0.4) is 0 Å². The van der Waals surface area contributed by atoms with Crippen LogP contribution in [0.25, 0.3) is 21.9 Å². The minimum atomic E-state index is -0.425. The number of fused-ring (bicyclic) bond motifs is 2. The zero-order valence-electron chi connectivity index (χ0n) is 11.6. The van der Waals surface area contributed by atoms with E-state index in [4.69, 9.17) is 8.83 Å². The molecule has 2 aromatic carbocycles. The standard InChI is InChI=1S/C9H5FO2.C8H4BrFO/c10-8-3-6-1-2-12-9(6)7(4-8)5-11;9-7-4-6(10)3-5-1-2-11-8(5)7/h1-5H;1-4H. The van der Waals surface area contributed by atoms with Crippen LogP contribution in [0.15, 0.2) is 62.2 Å². The molecule has 0 saturated carbocycles. The number of rotatable bonds is 1. The van der Waals surface area contributed by atoms with Crippen molar-refractivity contribution in [3.8, 4) is 0 Å². The quantitative estimate of drug-likeness (QED) is 0.398. The predicted molar refractivity (Wildman–Crippen MR) is 85.4 cm³/mol. The first-order chi connectivity index (χ1) is 11.1. The molecule has 3 nitrogen and oxygen atoms in total. The molecule has 0 aliphatic rings. The van der Waals surface area contributed by atoms with Gasteiger partial charge in [-0.25, -0.2) is 8.78 Å². The molecule has 6 heteroatoms. The lowest BCUT2D eigenvalue weighted by atomic mass is 10.2. The molecule has 0 unspecified atom stereocenters. The molecular formula is C17H9BrF2O3. The van der Waals surface area contributed by atoms with Gasteiger partial charge in [0, 0.05) is 10.8 Å². The van der Waals surface area contributed by atoms with Gasteiger partial charge in [-0.15, -0.1) is 0 Å². The van der Waals surface area contributed by atoms with E-state index in [0.717, 1.165) is 11.5 Å². The summed E-state index contributed by atoms with van der Waals surface area (Å²) in [4.78, 5) is 10.4. The molecule has 4 aromatic rings. The summed E-state index contributed by atoms with van der Waals surface area (Å²) in [5, 5.41) is 1.38. The first kappa shape index (κ1) is 15.4. The van der Waals surface area contributed by atoms with Crippen LogP contribution in [0.4, 0.5) is 8.78 Å². The van der Waals surface area contributed by atoms with Crippen molar-refractivity contribution in [1.29, 1.82) is 0 Å². The summed E-state index contributed by atoms with van der Waals surface area (Å²) in [6, 6.07) is 8.63. The first-order valence-electron chi connectivity index (χ1n) is 6.52. The highest BCUT2D eigenvalue weighted by molar-refractivity contribution is 9.10. The Morgan fingerprint density at radius 1 is 0.870 bits per heavy atom. The molecule has 2 heterocycles. The van der Waals surface area contributed by atoms with Crippen molar-refractivity contribution < 1.29 is 22.4 Å². The maximum absolute atomic E-state index is 12.8. The Morgan fingerprint density at radius 3 is 2.09 bits per heavy atom. The second-order valence-electron chi connectivity index (χ2n) is 4.68. The normalized spacial score (nSPS) is 10.6. The number of furan rings is 2. The zero-order chi connectivity index (χ0) is 16.4. The second-order valence-corrected chi connectivity index (χ2v) is 5.53. The molecule has 0 bridgehead atoms. The van der Waals surface area contributed by atoms with E-state index in [0.29, 0.717) is 27.3 Å². The molecule has 0 amide bonds. The van der Waals surface area contributed by atoms with Crippen molar-refractivity contribution >= 4 is 44.2 Å². The van der Waals surface area contributed by atoms with E-state index in [1.807, 2.05) is 0 Å². The molecule has 0 aliphatic heterocycles. The van der Waals surface area contributed by atoms with Crippen molar-refractivity contribution in [2.24, 2.45) is 0 Å². The molecule has 0 spiro atoms. The first-order valence-corrected chi connectivity index (χ1v) is 7.32. The van der Waals surface area contributed by atoms with Crippen LogP contribution in [-0.2, 0) is 0 Å². The van der Waals surface area contributed by atoms with E-state index >= 15 is 0 Å². The molecule has 0 saturated heterocycles. The third-order valence-electron chi connectivity index (χ3n) is 3.14. The van der Waals surface area contributed by atoms with Crippen molar-refractivity contribution in [3.63, 3.8) is 0 Å². The highest BCUT2D eigenvalue weighted by atomic mass is 79.9. The largest absolute Gasteiger partial charge is 0.464 e. The summed E-state index contributed by atoms with van der Waals surface area (Å²) in [7, 11) is 0. The van der Waals surface area contributed by atoms with E-state index < -0.39 is 5.82 Å². The van der Waals surface area contributed by atoms with Gasteiger partial charge in [-0.2, -0.15) is 0 Å².